The number of aromatic amines is 1. The van der Waals surface area contributed by atoms with Gasteiger partial charge in [0, 0.05) is 23.9 Å². The number of sulfonamides is 1. The van der Waals surface area contributed by atoms with E-state index in [1.54, 1.807) is 12.1 Å². The molecule has 2 aromatic carbocycles. The summed E-state index contributed by atoms with van der Waals surface area (Å²) >= 11 is 0. The van der Waals surface area contributed by atoms with Gasteiger partial charge in [-0.05, 0) is 66.6 Å². The van der Waals surface area contributed by atoms with Gasteiger partial charge in [-0.3, -0.25) is 4.79 Å². The SMILES string of the molecule is NS(=O)(=O)CCCC(=O)NC1CC(c2c(-c3ccc(F)cc3)[nH]c3c(F)cc(F)cc23)C1. The third kappa shape index (κ3) is 4.81. The molecule has 3 aromatic rings. The van der Waals surface area contributed by atoms with Crippen molar-refractivity contribution < 1.29 is 26.4 Å². The standard InChI is InChI=1S/C22H22F3N3O3S/c23-14-5-3-12(4-6-14)21-20(17-10-15(24)11-18(25)22(17)28-21)13-8-16(9-13)27-19(29)2-1-7-32(26,30)31/h3-6,10-11,13,16,28H,1-2,7-9H2,(H,27,29)(H2,26,30,31). The van der Waals surface area contributed by atoms with Crippen molar-refractivity contribution in [3.8, 4) is 11.3 Å². The van der Waals surface area contributed by atoms with Crippen molar-refractivity contribution in [1.29, 1.82) is 0 Å². The molecule has 0 atom stereocenters. The summed E-state index contributed by atoms with van der Waals surface area (Å²) in [5.74, 6) is -2.42. The molecule has 0 radical (unpaired) electrons. The van der Waals surface area contributed by atoms with Crippen LogP contribution < -0.4 is 10.5 Å². The zero-order chi connectivity index (χ0) is 23.0. The highest BCUT2D eigenvalue weighted by molar-refractivity contribution is 7.89. The summed E-state index contributed by atoms with van der Waals surface area (Å²) in [4.78, 5) is 15.1. The molecule has 4 N–H and O–H groups in total. The number of carbonyl (C=O) groups is 1. The zero-order valence-corrected chi connectivity index (χ0v) is 17.8. The smallest absolute Gasteiger partial charge is 0.220 e. The van der Waals surface area contributed by atoms with Crippen LogP contribution in [0.5, 0.6) is 0 Å². The second kappa shape index (κ2) is 8.59. The molecule has 32 heavy (non-hydrogen) atoms. The first-order chi connectivity index (χ1) is 15.1. The fourth-order valence-corrected chi connectivity index (χ4v) is 4.76. The quantitative estimate of drug-likeness (QED) is 0.496. The number of nitrogens with one attached hydrogen (secondary N) is 2. The van der Waals surface area contributed by atoms with Crippen LogP contribution in [0.3, 0.4) is 0 Å². The largest absolute Gasteiger partial charge is 0.353 e. The summed E-state index contributed by atoms with van der Waals surface area (Å²) in [5.41, 5.74) is 2.14. The minimum Gasteiger partial charge on any atom is -0.353 e. The number of rotatable bonds is 7. The number of aromatic nitrogens is 1. The van der Waals surface area contributed by atoms with Gasteiger partial charge in [0.25, 0.3) is 0 Å². The summed E-state index contributed by atoms with van der Waals surface area (Å²) in [5, 5.41) is 8.20. The number of hydrogen-bond acceptors (Lipinski definition) is 3. The molecule has 4 rings (SSSR count). The average Bonchev–Trinajstić information content (AvgIpc) is 3.03. The van der Waals surface area contributed by atoms with Crippen molar-refractivity contribution in [3.63, 3.8) is 0 Å². The van der Waals surface area contributed by atoms with E-state index in [0.29, 0.717) is 29.5 Å². The molecule has 6 nitrogen and oxygen atoms in total. The number of amides is 1. The Labute approximate surface area is 183 Å². The maximum atomic E-state index is 14.4. The Morgan fingerprint density at radius 2 is 1.78 bits per heavy atom. The van der Waals surface area contributed by atoms with E-state index in [4.69, 9.17) is 5.14 Å². The minimum absolute atomic E-state index is 0.0436. The van der Waals surface area contributed by atoms with Crippen molar-refractivity contribution in [2.45, 2.75) is 37.6 Å². The van der Waals surface area contributed by atoms with E-state index >= 15 is 0 Å². The Kier molecular flexibility index (Phi) is 6.00. The van der Waals surface area contributed by atoms with Gasteiger partial charge in [-0.15, -0.1) is 0 Å². The third-order valence-corrected chi connectivity index (χ3v) is 6.60. The summed E-state index contributed by atoms with van der Waals surface area (Å²) < 4.78 is 63.7. The molecule has 1 saturated carbocycles. The van der Waals surface area contributed by atoms with Crippen LogP contribution in [0.1, 0.15) is 37.2 Å². The molecule has 0 unspecified atom stereocenters. The first kappa shape index (κ1) is 22.3. The van der Waals surface area contributed by atoms with Gasteiger partial charge in [0.15, 0.2) is 0 Å². The van der Waals surface area contributed by atoms with Gasteiger partial charge >= 0.3 is 0 Å². The Hall–Kier alpha value is -2.85. The monoisotopic (exact) mass is 465 g/mol. The Bertz CT molecular complexity index is 1270. The minimum atomic E-state index is -3.61. The molecule has 1 fully saturated rings. The van der Waals surface area contributed by atoms with E-state index in [9.17, 15) is 26.4 Å². The number of fused-ring (bicyclic) bond motifs is 1. The number of nitrogens with two attached hydrogens (primary N) is 1. The highest BCUT2D eigenvalue weighted by Gasteiger charge is 2.35. The topological polar surface area (TPSA) is 105 Å². The number of H-pyrrole nitrogens is 1. The van der Waals surface area contributed by atoms with Gasteiger partial charge in [-0.2, -0.15) is 0 Å². The number of primary sulfonamides is 1. The van der Waals surface area contributed by atoms with Gasteiger partial charge in [0.1, 0.15) is 17.5 Å². The molecular formula is C22H22F3N3O3S. The highest BCUT2D eigenvalue weighted by Crippen LogP contribution is 2.45. The van der Waals surface area contributed by atoms with E-state index < -0.39 is 27.5 Å². The summed E-state index contributed by atoms with van der Waals surface area (Å²) in [7, 11) is -3.61. The van der Waals surface area contributed by atoms with Crippen LogP contribution >= 0.6 is 0 Å². The van der Waals surface area contributed by atoms with E-state index in [1.807, 2.05) is 0 Å². The number of halogens is 3. The Morgan fingerprint density at radius 3 is 2.44 bits per heavy atom. The van der Waals surface area contributed by atoms with Gasteiger partial charge in [0.05, 0.1) is 17.0 Å². The first-order valence-corrected chi connectivity index (χ1v) is 11.9. The predicted molar refractivity (Wildman–Crippen MR) is 115 cm³/mol. The number of hydrogen-bond donors (Lipinski definition) is 3. The van der Waals surface area contributed by atoms with Crippen molar-refractivity contribution in [3.05, 3.63) is 59.4 Å². The second-order valence-corrected chi connectivity index (χ2v) is 9.87. The zero-order valence-electron chi connectivity index (χ0n) is 17.0. The molecule has 0 bridgehead atoms. The lowest BCUT2D eigenvalue weighted by Crippen LogP contribution is -2.43. The Morgan fingerprint density at radius 1 is 1.09 bits per heavy atom. The molecule has 0 spiro atoms. The lowest BCUT2D eigenvalue weighted by molar-refractivity contribution is -0.122. The lowest BCUT2D eigenvalue weighted by Gasteiger charge is -2.36. The maximum absolute atomic E-state index is 14.4. The third-order valence-electron chi connectivity index (χ3n) is 5.74. The Balaban J connectivity index is 1.54. The highest BCUT2D eigenvalue weighted by atomic mass is 32.2. The van der Waals surface area contributed by atoms with Gasteiger partial charge < -0.3 is 10.3 Å². The molecule has 0 saturated heterocycles. The van der Waals surface area contributed by atoms with Gasteiger partial charge in [0.2, 0.25) is 15.9 Å². The van der Waals surface area contributed by atoms with Crippen molar-refractivity contribution in [2.75, 3.05) is 5.75 Å². The second-order valence-electron chi connectivity index (χ2n) is 8.13. The van der Waals surface area contributed by atoms with Crippen LogP contribution in [0, 0.1) is 17.5 Å². The normalized spacial score (nSPS) is 18.5. The average molecular weight is 465 g/mol. The number of benzene rings is 2. The van der Waals surface area contributed by atoms with Crippen molar-refractivity contribution >= 4 is 26.8 Å². The van der Waals surface area contributed by atoms with E-state index in [2.05, 4.69) is 10.3 Å². The summed E-state index contributed by atoms with van der Waals surface area (Å²) in [6.07, 6.45) is 1.29. The molecule has 1 aliphatic carbocycles. The molecular weight excluding hydrogens is 443 g/mol. The molecule has 1 heterocycles. The van der Waals surface area contributed by atoms with Crippen molar-refractivity contribution in [2.24, 2.45) is 5.14 Å². The molecule has 1 aromatic heterocycles. The van der Waals surface area contributed by atoms with Gasteiger partial charge in [-0.25, -0.2) is 26.7 Å². The predicted octanol–water partition coefficient (Wildman–Crippen LogP) is 3.68. The van der Waals surface area contributed by atoms with Crippen LogP contribution in [0.4, 0.5) is 13.2 Å². The van der Waals surface area contributed by atoms with E-state index in [-0.39, 0.29) is 42.0 Å². The molecule has 0 aliphatic heterocycles. The molecule has 170 valence electrons. The summed E-state index contributed by atoms with van der Waals surface area (Å²) in [6, 6.07) is 7.69. The summed E-state index contributed by atoms with van der Waals surface area (Å²) in [6.45, 7) is 0. The fourth-order valence-electron chi connectivity index (χ4n) is 4.21. The van der Waals surface area contributed by atoms with Gasteiger partial charge in [-0.1, -0.05) is 0 Å². The lowest BCUT2D eigenvalue weighted by atomic mass is 9.74. The van der Waals surface area contributed by atoms with Crippen molar-refractivity contribution in [1.82, 2.24) is 10.3 Å². The molecule has 1 aliphatic rings. The van der Waals surface area contributed by atoms with Crippen LogP contribution in [0.25, 0.3) is 22.2 Å². The van der Waals surface area contributed by atoms with E-state index in [0.717, 1.165) is 11.6 Å². The number of carbonyl (C=O) groups excluding carboxylic acids is 1. The van der Waals surface area contributed by atoms with Crippen LogP contribution in [0.15, 0.2) is 36.4 Å². The van der Waals surface area contributed by atoms with Crippen LogP contribution in [-0.2, 0) is 14.8 Å². The maximum Gasteiger partial charge on any atom is 0.220 e. The fraction of sp³-hybridized carbons (Fsp3) is 0.318. The first-order valence-electron chi connectivity index (χ1n) is 10.2. The molecule has 10 heteroatoms. The molecule has 1 amide bonds. The van der Waals surface area contributed by atoms with Crippen LogP contribution in [-0.4, -0.2) is 31.1 Å². The van der Waals surface area contributed by atoms with Crippen LogP contribution in [0.2, 0.25) is 0 Å². The van der Waals surface area contributed by atoms with E-state index in [1.165, 1.54) is 18.2 Å².